The van der Waals surface area contributed by atoms with Crippen LogP contribution < -0.4 is 5.32 Å². The number of nitrogens with one attached hydrogen (secondary N) is 1. The highest BCUT2D eigenvalue weighted by molar-refractivity contribution is 5.78. The van der Waals surface area contributed by atoms with Gasteiger partial charge >= 0.3 is 0 Å². The molecule has 2 rings (SSSR count). The van der Waals surface area contributed by atoms with Crippen molar-refractivity contribution in [2.45, 2.75) is 38.3 Å². The zero-order valence-corrected chi connectivity index (χ0v) is 12.3. The summed E-state index contributed by atoms with van der Waals surface area (Å²) >= 11 is 0. The van der Waals surface area contributed by atoms with Crippen LogP contribution in [0.25, 0.3) is 0 Å². The predicted octanol–water partition coefficient (Wildman–Crippen LogP) is 2.26. The standard InChI is InChI=1S/C18H21NO2/c1-14(6-5-9-15-7-3-2-4-8-15)17(20)12-10-16-11-13-18(21)19-16/h2-4,7-8,10,12,14,16-17,20H,6,11,13H2,1H3,(H,19,21)/b12-10+/t14-,16+,17-/m1/s1. The molecule has 1 aromatic rings. The summed E-state index contributed by atoms with van der Waals surface area (Å²) in [7, 11) is 0. The molecule has 1 heterocycles. The third-order valence-electron chi connectivity index (χ3n) is 3.58. The van der Waals surface area contributed by atoms with Crippen LogP contribution in [-0.2, 0) is 4.79 Å². The van der Waals surface area contributed by atoms with Crippen molar-refractivity contribution in [1.29, 1.82) is 0 Å². The smallest absolute Gasteiger partial charge is 0.220 e. The van der Waals surface area contributed by atoms with E-state index in [1.54, 1.807) is 6.08 Å². The fourth-order valence-corrected chi connectivity index (χ4v) is 2.18. The number of hydrogen-bond donors (Lipinski definition) is 2. The molecule has 1 aromatic carbocycles. The van der Waals surface area contributed by atoms with Crippen LogP contribution in [0.1, 0.15) is 31.7 Å². The lowest BCUT2D eigenvalue weighted by Crippen LogP contribution is -2.24. The SMILES string of the molecule is C[C@H](CC#Cc1ccccc1)[C@H](O)/C=C/[C@H]1CCC(=O)N1. The molecule has 0 bridgehead atoms. The Balaban J connectivity index is 1.80. The van der Waals surface area contributed by atoms with Gasteiger partial charge in [-0.25, -0.2) is 0 Å². The minimum absolute atomic E-state index is 0.0644. The molecular weight excluding hydrogens is 262 g/mol. The average molecular weight is 283 g/mol. The molecule has 2 N–H and O–H groups in total. The van der Waals surface area contributed by atoms with Gasteiger partial charge in [-0.3, -0.25) is 4.79 Å². The molecule has 1 amide bonds. The maximum atomic E-state index is 11.1. The van der Waals surface area contributed by atoms with Gasteiger partial charge in [0.1, 0.15) is 0 Å². The van der Waals surface area contributed by atoms with Gasteiger partial charge in [0.25, 0.3) is 0 Å². The zero-order chi connectivity index (χ0) is 15.1. The molecule has 21 heavy (non-hydrogen) atoms. The largest absolute Gasteiger partial charge is 0.389 e. The lowest BCUT2D eigenvalue weighted by atomic mass is 10.00. The van der Waals surface area contributed by atoms with Gasteiger partial charge in [-0.2, -0.15) is 0 Å². The van der Waals surface area contributed by atoms with E-state index in [1.807, 2.05) is 43.3 Å². The molecular formula is C18H21NO2. The van der Waals surface area contributed by atoms with Crippen LogP contribution in [0.3, 0.4) is 0 Å². The van der Waals surface area contributed by atoms with Gasteiger partial charge in [0.05, 0.1) is 6.10 Å². The van der Waals surface area contributed by atoms with E-state index >= 15 is 0 Å². The molecule has 1 fully saturated rings. The van der Waals surface area contributed by atoms with E-state index < -0.39 is 6.10 Å². The van der Waals surface area contributed by atoms with Crippen LogP contribution in [0.5, 0.6) is 0 Å². The summed E-state index contributed by atoms with van der Waals surface area (Å²) in [6.45, 7) is 1.97. The van der Waals surface area contributed by atoms with Crippen molar-refractivity contribution in [2.24, 2.45) is 5.92 Å². The fourth-order valence-electron chi connectivity index (χ4n) is 2.18. The van der Waals surface area contributed by atoms with E-state index in [0.29, 0.717) is 12.8 Å². The molecule has 0 radical (unpaired) electrons. The Labute approximate surface area is 126 Å². The highest BCUT2D eigenvalue weighted by atomic mass is 16.3. The highest BCUT2D eigenvalue weighted by Crippen LogP contribution is 2.12. The summed E-state index contributed by atoms with van der Waals surface area (Å²) in [5.41, 5.74) is 0.989. The minimum atomic E-state index is -0.535. The van der Waals surface area contributed by atoms with Gasteiger partial charge in [0.15, 0.2) is 0 Å². The Morgan fingerprint density at radius 1 is 1.43 bits per heavy atom. The minimum Gasteiger partial charge on any atom is -0.389 e. The molecule has 1 saturated heterocycles. The zero-order valence-electron chi connectivity index (χ0n) is 12.3. The summed E-state index contributed by atoms with van der Waals surface area (Å²) in [6, 6.07) is 9.88. The van der Waals surface area contributed by atoms with Crippen LogP contribution in [0.4, 0.5) is 0 Å². The second-order valence-electron chi connectivity index (χ2n) is 5.44. The third kappa shape index (κ3) is 5.09. The summed E-state index contributed by atoms with van der Waals surface area (Å²) in [4.78, 5) is 11.1. The van der Waals surface area contributed by atoms with Crippen molar-refractivity contribution in [3.8, 4) is 11.8 Å². The molecule has 3 atom stereocenters. The number of benzene rings is 1. The lowest BCUT2D eigenvalue weighted by Gasteiger charge is -2.13. The number of amides is 1. The monoisotopic (exact) mass is 283 g/mol. The van der Waals surface area contributed by atoms with Gasteiger partial charge in [-0.15, -0.1) is 0 Å². The summed E-state index contributed by atoms with van der Waals surface area (Å²) in [6.07, 6.45) is 5.14. The van der Waals surface area contributed by atoms with Gasteiger partial charge in [-0.05, 0) is 24.5 Å². The second kappa shape index (κ2) is 7.66. The van der Waals surface area contributed by atoms with Gasteiger partial charge < -0.3 is 10.4 Å². The van der Waals surface area contributed by atoms with Gasteiger partial charge in [-0.1, -0.05) is 49.1 Å². The number of carbonyl (C=O) groups excluding carboxylic acids is 1. The van der Waals surface area contributed by atoms with Crippen LogP contribution in [0, 0.1) is 17.8 Å². The molecule has 0 aromatic heterocycles. The fraction of sp³-hybridized carbons (Fsp3) is 0.389. The summed E-state index contributed by atoms with van der Waals surface area (Å²) in [5.74, 6) is 6.34. The third-order valence-corrected chi connectivity index (χ3v) is 3.58. The summed E-state index contributed by atoms with van der Waals surface area (Å²) in [5, 5.41) is 12.9. The van der Waals surface area contributed by atoms with Crippen molar-refractivity contribution >= 4 is 5.91 Å². The van der Waals surface area contributed by atoms with Crippen LogP contribution >= 0.6 is 0 Å². The van der Waals surface area contributed by atoms with Crippen molar-refractivity contribution in [3.63, 3.8) is 0 Å². The van der Waals surface area contributed by atoms with Crippen molar-refractivity contribution < 1.29 is 9.90 Å². The number of hydrogen-bond acceptors (Lipinski definition) is 2. The Morgan fingerprint density at radius 2 is 2.19 bits per heavy atom. The van der Waals surface area contributed by atoms with Crippen LogP contribution in [0.15, 0.2) is 42.5 Å². The molecule has 110 valence electrons. The van der Waals surface area contributed by atoms with Crippen LogP contribution in [0.2, 0.25) is 0 Å². The molecule has 0 aliphatic carbocycles. The molecule has 0 spiro atoms. The van der Waals surface area contributed by atoms with E-state index in [4.69, 9.17) is 0 Å². The first-order valence-electron chi connectivity index (χ1n) is 7.35. The predicted molar refractivity (Wildman–Crippen MR) is 83.4 cm³/mol. The number of aliphatic hydroxyl groups is 1. The molecule has 3 heteroatoms. The molecule has 1 aliphatic heterocycles. The quantitative estimate of drug-likeness (QED) is 0.658. The Hall–Kier alpha value is -2.05. The summed E-state index contributed by atoms with van der Waals surface area (Å²) < 4.78 is 0. The highest BCUT2D eigenvalue weighted by Gasteiger charge is 2.18. The second-order valence-corrected chi connectivity index (χ2v) is 5.44. The maximum absolute atomic E-state index is 11.1. The molecule has 3 nitrogen and oxygen atoms in total. The first-order valence-corrected chi connectivity index (χ1v) is 7.35. The van der Waals surface area contributed by atoms with E-state index in [0.717, 1.165) is 12.0 Å². The Morgan fingerprint density at radius 3 is 2.86 bits per heavy atom. The van der Waals surface area contributed by atoms with Crippen molar-refractivity contribution in [1.82, 2.24) is 5.32 Å². The molecule has 0 saturated carbocycles. The van der Waals surface area contributed by atoms with Crippen LogP contribution in [-0.4, -0.2) is 23.2 Å². The first kappa shape index (κ1) is 15.3. The number of aliphatic hydroxyl groups excluding tert-OH is 1. The Bertz CT molecular complexity index is 554. The molecule has 0 unspecified atom stereocenters. The van der Waals surface area contributed by atoms with E-state index in [9.17, 15) is 9.90 Å². The molecule has 1 aliphatic rings. The van der Waals surface area contributed by atoms with Gasteiger partial charge in [0, 0.05) is 24.4 Å². The average Bonchev–Trinajstić information content (AvgIpc) is 2.91. The number of rotatable bonds is 4. The lowest BCUT2D eigenvalue weighted by molar-refractivity contribution is -0.119. The van der Waals surface area contributed by atoms with E-state index in [-0.39, 0.29) is 17.9 Å². The van der Waals surface area contributed by atoms with E-state index in [1.165, 1.54) is 0 Å². The first-order chi connectivity index (χ1) is 10.1. The van der Waals surface area contributed by atoms with Gasteiger partial charge in [0.2, 0.25) is 5.91 Å². The van der Waals surface area contributed by atoms with Crippen molar-refractivity contribution in [2.75, 3.05) is 0 Å². The maximum Gasteiger partial charge on any atom is 0.220 e. The topological polar surface area (TPSA) is 49.3 Å². The Kier molecular flexibility index (Phi) is 5.59. The number of carbonyl (C=O) groups is 1. The normalized spacial score (nSPS) is 20.7. The van der Waals surface area contributed by atoms with Crippen molar-refractivity contribution in [3.05, 3.63) is 48.0 Å². The van der Waals surface area contributed by atoms with E-state index in [2.05, 4.69) is 17.2 Å².